The summed E-state index contributed by atoms with van der Waals surface area (Å²) in [5, 5.41) is 0. The van der Waals surface area contributed by atoms with Crippen molar-refractivity contribution in [3.63, 3.8) is 0 Å². The van der Waals surface area contributed by atoms with E-state index in [1.165, 1.54) is 5.56 Å². The Morgan fingerprint density at radius 1 is 1.24 bits per heavy atom. The van der Waals surface area contributed by atoms with Crippen molar-refractivity contribution in [2.75, 3.05) is 13.2 Å². The van der Waals surface area contributed by atoms with E-state index >= 15 is 0 Å². The normalized spacial score (nSPS) is 12.4. The van der Waals surface area contributed by atoms with E-state index in [0.29, 0.717) is 6.61 Å². The zero-order valence-electron chi connectivity index (χ0n) is 11.0. The molecule has 1 aromatic carbocycles. The lowest BCUT2D eigenvalue weighted by Crippen LogP contribution is -2.25. The molecule has 0 aliphatic rings. The van der Waals surface area contributed by atoms with Crippen molar-refractivity contribution < 1.29 is 9.16 Å². The van der Waals surface area contributed by atoms with Crippen molar-refractivity contribution in [3.8, 4) is 0 Å². The smallest absolute Gasteiger partial charge is 0.146 e. The zero-order valence-corrected chi connectivity index (χ0v) is 13.0. The van der Waals surface area contributed by atoms with Gasteiger partial charge in [-0.1, -0.05) is 42.5 Å². The summed E-state index contributed by atoms with van der Waals surface area (Å²) >= 11 is 0. The fraction of sp³-hybridized carbons (Fsp3) is 0.429. The number of benzene rings is 1. The Morgan fingerprint density at radius 2 is 1.94 bits per heavy atom. The van der Waals surface area contributed by atoms with Crippen molar-refractivity contribution in [1.29, 1.82) is 0 Å². The third kappa shape index (κ3) is 6.41. The van der Waals surface area contributed by atoms with Crippen LogP contribution in [0.3, 0.4) is 0 Å². The summed E-state index contributed by atoms with van der Waals surface area (Å²) < 4.78 is 11.0. The van der Waals surface area contributed by atoms with Gasteiger partial charge in [0.2, 0.25) is 0 Å². The van der Waals surface area contributed by atoms with Crippen LogP contribution in [0, 0.1) is 0 Å². The molecule has 0 N–H and O–H groups in total. The molecule has 3 heteroatoms. The van der Waals surface area contributed by atoms with Crippen molar-refractivity contribution in [2.24, 2.45) is 0 Å². The Labute approximate surface area is 107 Å². The van der Waals surface area contributed by atoms with Gasteiger partial charge in [-0.3, -0.25) is 0 Å². The summed E-state index contributed by atoms with van der Waals surface area (Å²) in [7, 11) is 0.781. The number of hydrogen-bond acceptors (Lipinski definition) is 2. The first-order valence-corrected chi connectivity index (χ1v) is 6.80. The maximum absolute atomic E-state index is 5.54. The van der Waals surface area contributed by atoms with E-state index in [4.69, 9.17) is 9.16 Å². The topological polar surface area (TPSA) is 18.5 Å². The van der Waals surface area contributed by atoms with Crippen LogP contribution in [0.5, 0.6) is 0 Å². The molecule has 0 bridgehead atoms. The Balaban J connectivity index is 2.15. The van der Waals surface area contributed by atoms with Crippen LogP contribution in [0.15, 0.2) is 36.4 Å². The summed E-state index contributed by atoms with van der Waals surface area (Å²) in [6, 6.07) is 10.2. The van der Waals surface area contributed by atoms with Gasteiger partial charge in [-0.15, -0.1) is 0 Å². The van der Waals surface area contributed by atoms with E-state index in [2.05, 4.69) is 32.1 Å². The minimum absolute atomic E-state index is 0.0324. The van der Waals surface area contributed by atoms with Gasteiger partial charge < -0.3 is 9.16 Å². The van der Waals surface area contributed by atoms with Gasteiger partial charge in [0, 0.05) is 6.61 Å². The Morgan fingerprint density at radius 3 is 2.59 bits per heavy atom. The second-order valence-corrected chi connectivity index (χ2v) is 5.01. The van der Waals surface area contributed by atoms with E-state index in [-0.39, 0.29) is 5.60 Å². The summed E-state index contributed by atoms with van der Waals surface area (Å²) in [6.45, 7) is 5.60. The van der Waals surface area contributed by atoms with Crippen molar-refractivity contribution >= 4 is 16.6 Å². The molecule has 0 radical (unpaired) electrons. The third-order valence-electron chi connectivity index (χ3n) is 2.72. The van der Waals surface area contributed by atoms with Crippen LogP contribution in [-0.4, -0.2) is 29.3 Å². The van der Waals surface area contributed by atoms with Gasteiger partial charge in [0.15, 0.2) is 0 Å². The van der Waals surface area contributed by atoms with Crippen LogP contribution in [0.1, 0.15) is 25.8 Å². The molecule has 0 aliphatic heterocycles. The first kappa shape index (κ1) is 14.2. The molecule has 0 atom stereocenters. The standard InChI is InChI=1S/C14H22O2Si/c1-14(2,16-17)10-12-15-11-6-9-13-7-4-3-5-8-13/h3-9H,10-12H2,1-2,17H3. The predicted molar refractivity (Wildman–Crippen MR) is 76.0 cm³/mol. The predicted octanol–water partition coefficient (Wildman–Crippen LogP) is 2.18. The highest BCUT2D eigenvalue weighted by Gasteiger charge is 2.14. The van der Waals surface area contributed by atoms with E-state index in [1.807, 2.05) is 24.3 Å². The molecular formula is C14H22O2Si. The zero-order chi connectivity index (χ0) is 12.6. The molecule has 1 aromatic rings. The molecule has 0 saturated carbocycles. The highest BCUT2D eigenvalue weighted by atomic mass is 28.2. The first-order chi connectivity index (χ1) is 8.14. The molecule has 0 saturated heterocycles. The van der Waals surface area contributed by atoms with Crippen molar-refractivity contribution in [2.45, 2.75) is 25.9 Å². The lowest BCUT2D eigenvalue weighted by Gasteiger charge is -2.23. The molecule has 0 amide bonds. The van der Waals surface area contributed by atoms with Gasteiger partial charge in [0.05, 0.1) is 12.2 Å². The summed E-state index contributed by atoms with van der Waals surface area (Å²) in [5.41, 5.74) is 1.18. The molecular weight excluding hydrogens is 228 g/mol. The number of hydrogen-bond donors (Lipinski definition) is 0. The average Bonchev–Trinajstić information content (AvgIpc) is 2.35. The highest BCUT2D eigenvalue weighted by Crippen LogP contribution is 2.12. The molecule has 0 fully saturated rings. The molecule has 1 rings (SSSR count). The summed E-state index contributed by atoms with van der Waals surface area (Å²) in [6.07, 6.45) is 5.06. The quantitative estimate of drug-likeness (QED) is 0.545. The van der Waals surface area contributed by atoms with Crippen LogP contribution >= 0.6 is 0 Å². The lowest BCUT2D eigenvalue weighted by atomic mass is 10.1. The van der Waals surface area contributed by atoms with Crippen LogP contribution in [0.25, 0.3) is 6.08 Å². The van der Waals surface area contributed by atoms with E-state index in [1.54, 1.807) is 0 Å². The van der Waals surface area contributed by atoms with Gasteiger partial charge in [-0.2, -0.15) is 0 Å². The number of ether oxygens (including phenoxy) is 1. The fourth-order valence-electron chi connectivity index (χ4n) is 1.32. The Kier molecular flexibility index (Phi) is 6.19. The molecule has 0 aliphatic carbocycles. The van der Waals surface area contributed by atoms with E-state index in [0.717, 1.165) is 23.5 Å². The van der Waals surface area contributed by atoms with Gasteiger partial charge in [0.1, 0.15) is 10.5 Å². The average molecular weight is 250 g/mol. The largest absolute Gasteiger partial charge is 0.423 e. The molecule has 17 heavy (non-hydrogen) atoms. The summed E-state index contributed by atoms with van der Waals surface area (Å²) in [5.74, 6) is 0. The van der Waals surface area contributed by atoms with Gasteiger partial charge in [-0.25, -0.2) is 0 Å². The first-order valence-electron chi connectivity index (χ1n) is 5.98. The molecule has 0 heterocycles. The molecule has 2 nitrogen and oxygen atoms in total. The Bertz CT molecular complexity index is 333. The minimum atomic E-state index is -0.0324. The maximum atomic E-state index is 5.54. The molecule has 0 aromatic heterocycles. The maximum Gasteiger partial charge on any atom is 0.146 e. The molecule has 0 unspecified atom stereocenters. The van der Waals surface area contributed by atoms with Crippen LogP contribution in [-0.2, 0) is 9.16 Å². The monoisotopic (exact) mass is 250 g/mol. The lowest BCUT2D eigenvalue weighted by molar-refractivity contribution is 0.0618. The van der Waals surface area contributed by atoms with Gasteiger partial charge >= 0.3 is 0 Å². The van der Waals surface area contributed by atoms with Crippen molar-refractivity contribution in [1.82, 2.24) is 0 Å². The third-order valence-corrected chi connectivity index (χ3v) is 3.83. The van der Waals surface area contributed by atoms with E-state index in [9.17, 15) is 0 Å². The second-order valence-electron chi connectivity index (χ2n) is 4.60. The molecule has 94 valence electrons. The molecule has 0 spiro atoms. The van der Waals surface area contributed by atoms with Crippen molar-refractivity contribution in [3.05, 3.63) is 42.0 Å². The highest BCUT2D eigenvalue weighted by molar-refractivity contribution is 5.98. The SMILES string of the molecule is CC(C)(CCOCC=Cc1ccccc1)O[SiH3]. The fourth-order valence-corrected chi connectivity index (χ4v) is 1.52. The van der Waals surface area contributed by atoms with Crippen LogP contribution in [0.4, 0.5) is 0 Å². The van der Waals surface area contributed by atoms with E-state index < -0.39 is 0 Å². The Hall–Kier alpha value is -0.903. The number of rotatable bonds is 7. The van der Waals surface area contributed by atoms with Gasteiger partial charge in [0.25, 0.3) is 0 Å². The minimum Gasteiger partial charge on any atom is -0.423 e. The second kappa shape index (κ2) is 7.43. The summed E-state index contributed by atoms with van der Waals surface area (Å²) in [4.78, 5) is 0. The van der Waals surface area contributed by atoms with Gasteiger partial charge in [-0.05, 0) is 25.8 Å². The van der Waals surface area contributed by atoms with Crippen LogP contribution < -0.4 is 0 Å². The van der Waals surface area contributed by atoms with Crippen LogP contribution in [0.2, 0.25) is 0 Å².